The molecule has 0 aliphatic heterocycles. The van der Waals surface area contributed by atoms with Crippen LogP contribution < -0.4 is 4.74 Å². The Labute approximate surface area is 164 Å². The minimum Gasteiger partial charge on any atom is -0.494 e. The summed E-state index contributed by atoms with van der Waals surface area (Å²) >= 11 is 1.73. The zero-order valence-electron chi connectivity index (χ0n) is 15.8. The molecule has 0 fully saturated rings. The SMILES string of the molecule is CCOc1ccccc1CCC(=O)N(Cc1ccco1)Cc1ccc(C)s1. The number of thiophene rings is 1. The lowest BCUT2D eigenvalue weighted by Crippen LogP contribution is -2.29. The van der Waals surface area contributed by atoms with Crippen LogP contribution >= 0.6 is 11.3 Å². The van der Waals surface area contributed by atoms with E-state index in [1.165, 1.54) is 9.75 Å². The topological polar surface area (TPSA) is 42.7 Å². The molecule has 0 aliphatic carbocycles. The van der Waals surface area contributed by atoms with Gasteiger partial charge in [-0.2, -0.15) is 0 Å². The fraction of sp³-hybridized carbons (Fsp3) is 0.318. The van der Waals surface area contributed by atoms with Gasteiger partial charge in [0.1, 0.15) is 11.5 Å². The van der Waals surface area contributed by atoms with E-state index in [2.05, 4.69) is 19.1 Å². The lowest BCUT2D eigenvalue weighted by atomic mass is 10.1. The molecule has 0 saturated heterocycles. The second kappa shape index (κ2) is 9.42. The Hall–Kier alpha value is -2.53. The molecule has 3 aromatic rings. The van der Waals surface area contributed by atoms with E-state index in [4.69, 9.17) is 9.15 Å². The number of hydrogen-bond donors (Lipinski definition) is 0. The van der Waals surface area contributed by atoms with Gasteiger partial charge >= 0.3 is 0 Å². The molecule has 5 heteroatoms. The Morgan fingerprint density at radius 2 is 1.96 bits per heavy atom. The maximum absolute atomic E-state index is 13.0. The molecule has 142 valence electrons. The van der Waals surface area contributed by atoms with E-state index in [1.807, 2.05) is 48.2 Å². The number of carbonyl (C=O) groups is 1. The van der Waals surface area contributed by atoms with Gasteiger partial charge in [0.05, 0.1) is 26.0 Å². The van der Waals surface area contributed by atoms with Crippen molar-refractivity contribution in [2.75, 3.05) is 6.61 Å². The molecule has 0 bridgehead atoms. The van der Waals surface area contributed by atoms with Crippen LogP contribution in [0.3, 0.4) is 0 Å². The highest BCUT2D eigenvalue weighted by Gasteiger charge is 2.17. The number of carbonyl (C=O) groups excluding carboxylic acids is 1. The lowest BCUT2D eigenvalue weighted by molar-refractivity contribution is -0.132. The summed E-state index contributed by atoms with van der Waals surface area (Å²) in [5.74, 6) is 1.77. The highest BCUT2D eigenvalue weighted by atomic mass is 32.1. The van der Waals surface area contributed by atoms with E-state index < -0.39 is 0 Å². The first kappa shape index (κ1) is 19.2. The van der Waals surface area contributed by atoms with Crippen LogP contribution in [0.5, 0.6) is 5.75 Å². The van der Waals surface area contributed by atoms with Crippen molar-refractivity contribution < 1.29 is 13.9 Å². The van der Waals surface area contributed by atoms with Gasteiger partial charge in [-0.1, -0.05) is 18.2 Å². The Morgan fingerprint density at radius 1 is 1.11 bits per heavy atom. The van der Waals surface area contributed by atoms with Crippen molar-refractivity contribution >= 4 is 17.2 Å². The van der Waals surface area contributed by atoms with Crippen LogP contribution in [0.4, 0.5) is 0 Å². The number of nitrogens with zero attached hydrogens (tertiary/aromatic N) is 1. The zero-order valence-corrected chi connectivity index (χ0v) is 16.6. The maximum Gasteiger partial charge on any atom is 0.223 e. The van der Waals surface area contributed by atoms with E-state index >= 15 is 0 Å². The minimum atomic E-state index is 0.115. The predicted octanol–water partition coefficient (Wildman–Crippen LogP) is 5.21. The third-order valence-corrected chi connectivity index (χ3v) is 5.29. The van der Waals surface area contributed by atoms with E-state index in [-0.39, 0.29) is 5.91 Å². The number of benzene rings is 1. The lowest BCUT2D eigenvalue weighted by Gasteiger charge is -2.21. The molecular weight excluding hydrogens is 358 g/mol. The number of para-hydroxylation sites is 1. The van der Waals surface area contributed by atoms with Gasteiger partial charge in [-0.05, 0) is 56.2 Å². The maximum atomic E-state index is 13.0. The largest absolute Gasteiger partial charge is 0.494 e. The summed E-state index contributed by atoms with van der Waals surface area (Å²) in [6.45, 7) is 5.75. The van der Waals surface area contributed by atoms with Gasteiger partial charge in [0.15, 0.2) is 0 Å². The first-order chi connectivity index (χ1) is 13.2. The Kier molecular flexibility index (Phi) is 6.71. The molecular formula is C22H25NO3S. The van der Waals surface area contributed by atoms with E-state index in [9.17, 15) is 4.79 Å². The monoisotopic (exact) mass is 383 g/mol. The van der Waals surface area contributed by atoms with Crippen LogP contribution in [0.2, 0.25) is 0 Å². The molecule has 4 nitrogen and oxygen atoms in total. The first-order valence-corrected chi connectivity index (χ1v) is 10.0. The molecule has 0 radical (unpaired) electrons. The van der Waals surface area contributed by atoms with Gasteiger partial charge in [-0.15, -0.1) is 11.3 Å². The smallest absolute Gasteiger partial charge is 0.223 e. The summed E-state index contributed by atoms with van der Waals surface area (Å²) in [7, 11) is 0. The minimum absolute atomic E-state index is 0.115. The van der Waals surface area contributed by atoms with Crippen LogP contribution in [0, 0.1) is 6.92 Å². The van der Waals surface area contributed by atoms with Crippen molar-refractivity contribution in [3.63, 3.8) is 0 Å². The van der Waals surface area contributed by atoms with Crippen molar-refractivity contribution in [2.45, 2.75) is 39.8 Å². The normalized spacial score (nSPS) is 10.7. The van der Waals surface area contributed by atoms with Gasteiger partial charge in [-0.3, -0.25) is 4.79 Å². The van der Waals surface area contributed by atoms with Crippen LogP contribution in [0.25, 0.3) is 0 Å². The highest BCUT2D eigenvalue weighted by molar-refractivity contribution is 7.11. The van der Waals surface area contributed by atoms with Crippen molar-refractivity contribution in [2.24, 2.45) is 0 Å². The quantitative estimate of drug-likeness (QED) is 0.509. The fourth-order valence-corrected chi connectivity index (χ4v) is 3.89. The molecule has 1 aromatic carbocycles. The summed E-state index contributed by atoms with van der Waals surface area (Å²) < 4.78 is 11.1. The van der Waals surface area contributed by atoms with Crippen LogP contribution in [-0.2, 0) is 24.3 Å². The summed E-state index contributed by atoms with van der Waals surface area (Å²) in [4.78, 5) is 17.3. The number of ether oxygens (including phenoxy) is 1. The van der Waals surface area contributed by atoms with Gasteiger partial charge in [0.2, 0.25) is 5.91 Å². The summed E-state index contributed by atoms with van der Waals surface area (Å²) in [5.41, 5.74) is 1.07. The Morgan fingerprint density at radius 3 is 2.67 bits per heavy atom. The predicted molar refractivity (Wildman–Crippen MR) is 108 cm³/mol. The molecule has 0 atom stereocenters. The van der Waals surface area contributed by atoms with Crippen LogP contribution in [-0.4, -0.2) is 17.4 Å². The van der Waals surface area contributed by atoms with Gasteiger partial charge in [0, 0.05) is 16.2 Å². The average Bonchev–Trinajstić information content (AvgIpc) is 3.32. The summed E-state index contributed by atoms with van der Waals surface area (Å²) in [6.07, 6.45) is 2.74. The number of furan rings is 1. The Balaban J connectivity index is 1.68. The van der Waals surface area contributed by atoms with E-state index in [1.54, 1.807) is 17.6 Å². The number of rotatable bonds is 9. The average molecular weight is 384 g/mol. The molecule has 0 unspecified atom stereocenters. The van der Waals surface area contributed by atoms with Crippen molar-refractivity contribution in [3.8, 4) is 5.75 Å². The first-order valence-electron chi connectivity index (χ1n) is 9.22. The van der Waals surface area contributed by atoms with E-state index in [0.29, 0.717) is 32.5 Å². The van der Waals surface area contributed by atoms with Crippen LogP contribution in [0.15, 0.2) is 59.2 Å². The highest BCUT2D eigenvalue weighted by Crippen LogP contribution is 2.22. The van der Waals surface area contributed by atoms with Gasteiger partial charge in [0.25, 0.3) is 0 Å². The molecule has 0 spiro atoms. The summed E-state index contributed by atoms with van der Waals surface area (Å²) in [5, 5.41) is 0. The van der Waals surface area contributed by atoms with E-state index in [0.717, 1.165) is 17.1 Å². The van der Waals surface area contributed by atoms with Crippen molar-refractivity contribution in [1.29, 1.82) is 0 Å². The van der Waals surface area contributed by atoms with Crippen molar-refractivity contribution in [1.82, 2.24) is 4.90 Å². The summed E-state index contributed by atoms with van der Waals surface area (Å²) in [6, 6.07) is 15.9. The molecule has 0 N–H and O–H groups in total. The third-order valence-electron chi connectivity index (χ3n) is 4.30. The van der Waals surface area contributed by atoms with Crippen LogP contribution in [0.1, 0.15) is 34.4 Å². The fourth-order valence-electron chi connectivity index (χ4n) is 2.99. The molecule has 1 amide bonds. The zero-order chi connectivity index (χ0) is 19.1. The van der Waals surface area contributed by atoms with Crippen molar-refractivity contribution in [3.05, 3.63) is 75.9 Å². The Bertz CT molecular complexity index is 854. The molecule has 0 aliphatic rings. The molecule has 2 heterocycles. The molecule has 2 aromatic heterocycles. The number of amides is 1. The number of aryl methyl sites for hydroxylation is 2. The second-order valence-electron chi connectivity index (χ2n) is 6.38. The standard InChI is InChI=1S/C22H25NO3S/c1-3-25-21-9-5-4-7-18(21)11-13-22(24)23(15-19-8-6-14-26-19)16-20-12-10-17(2)27-20/h4-10,12,14H,3,11,13,15-16H2,1-2H3. The second-order valence-corrected chi connectivity index (χ2v) is 7.75. The molecule has 0 saturated carbocycles. The molecule has 3 rings (SSSR count). The van der Waals surface area contributed by atoms with Gasteiger partial charge in [-0.25, -0.2) is 0 Å². The van der Waals surface area contributed by atoms with Gasteiger partial charge < -0.3 is 14.1 Å². The molecule has 27 heavy (non-hydrogen) atoms. The third kappa shape index (κ3) is 5.47. The number of hydrogen-bond acceptors (Lipinski definition) is 4.